The van der Waals surface area contributed by atoms with Crippen LogP contribution in [0.4, 0.5) is 4.79 Å². The summed E-state index contributed by atoms with van der Waals surface area (Å²) in [5, 5.41) is 13.7. The molecule has 0 aromatic carbocycles. The number of nitrogens with one attached hydrogen (secondary N) is 1. The number of hydrogen-bond donors (Lipinski definition) is 2. The lowest BCUT2D eigenvalue weighted by molar-refractivity contribution is -0.0309. The predicted octanol–water partition coefficient (Wildman–Crippen LogP) is 4.11. The van der Waals surface area contributed by atoms with E-state index in [1.165, 1.54) is 32.1 Å². The van der Waals surface area contributed by atoms with Crippen LogP contribution in [0.25, 0.3) is 0 Å². The standard InChI is InChI=1S/C19H30N2O3/c1-18(2,3)24-17(22)21-19(23,16-11-7-8-14-20-16)13-12-15-9-5-4-6-10-15/h7-8,11,14-15,23H,4-6,9-10,12-13H2,1-3H3,(H,21,22)/t19-/m1/s1. The maximum absolute atomic E-state index is 12.2. The van der Waals surface area contributed by atoms with Gasteiger partial charge in [-0.25, -0.2) is 4.79 Å². The summed E-state index contributed by atoms with van der Waals surface area (Å²) in [5.74, 6) is 0.606. The molecule has 0 radical (unpaired) electrons. The number of aromatic nitrogens is 1. The van der Waals surface area contributed by atoms with Crippen LogP contribution in [0.15, 0.2) is 24.4 Å². The van der Waals surface area contributed by atoms with Crippen molar-refractivity contribution >= 4 is 6.09 Å². The second-order valence-electron chi connectivity index (χ2n) is 7.74. The highest BCUT2D eigenvalue weighted by molar-refractivity contribution is 5.68. The van der Waals surface area contributed by atoms with Gasteiger partial charge in [-0.2, -0.15) is 0 Å². The summed E-state index contributed by atoms with van der Waals surface area (Å²) in [4.78, 5) is 16.4. The molecule has 2 rings (SSSR count). The van der Waals surface area contributed by atoms with Crippen LogP contribution in [0.1, 0.15) is 71.4 Å². The van der Waals surface area contributed by atoms with Crippen molar-refractivity contribution in [2.24, 2.45) is 5.92 Å². The molecule has 5 nitrogen and oxygen atoms in total. The van der Waals surface area contributed by atoms with Crippen molar-refractivity contribution in [2.75, 3.05) is 0 Å². The molecular weight excluding hydrogens is 304 g/mol. The molecule has 0 spiro atoms. The first kappa shape index (κ1) is 18.7. The molecule has 2 N–H and O–H groups in total. The van der Waals surface area contributed by atoms with E-state index in [0.29, 0.717) is 18.0 Å². The highest BCUT2D eigenvalue weighted by Crippen LogP contribution is 2.32. The lowest BCUT2D eigenvalue weighted by Crippen LogP contribution is -2.48. The maximum atomic E-state index is 12.2. The summed E-state index contributed by atoms with van der Waals surface area (Å²) in [6.45, 7) is 5.40. The molecule has 24 heavy (non-hydrogen) atoms. The van der Waals surface area contributed by atoms with Gasteiger partial charge in [0, 0.05) is 12.6 Å². The van der Waals surface area contributed by atoms with Gasteiger partial charge in [0.2, 0.25) is 0 Å². The molecule has 1 aliphatic carbocycles. The van der Waals surface area contributed by atoms with Crippen molar-refractivity contribution in [3.05, 3.63) is 30.1 Å². The molecule has 0 unspecified atom stereocenters. The van der Waals surface area contributed by atoms with Crippen LogP contribution in [0, 0.1) is 5.92 Å². The smallest absolute Gasteiger partial charge is 0.410 e. The van der Waals surface area contributed by atoms with Crippen molar-refractivity contribution in [2.45, 2.75) is 77.0 Å². The van der Waals surface area contributed by atoms with Gasteiger partial charge in [-0.3, -0.25) is 10.3 Å². The van der Waals surface area contributed by atoms with Gasteiger partial charge in [-0.1, -0.05) is 38.2 Å². The Bertz CT molecular complexity index is 521. The molecule has 1 heterocycles. The molecule has 134 valence electrons. The SMILES string of the molecule is CC(C)(C)OC(=O)N[C@@](O)(CCC1CCCCC1)c1ccccn1. The third-order valence-corrected chi connectivity index (χ3v) is 4.44. The molecule has 5 heteroatoms. The Labute approximate surface area is 144 Å². The van der Waals surface area contributed by atoms with E-state index in [2.05, 4.69) is 10.3 Å². The Balaban J connectivity index is 2.07. The molecule has 1 aromatic heterocycles. The minimum absolute atomic E-state index is 0.438. The van der Waals surface area contributed by atoms with E-state index >= 15 is 0 Å². The molecule has 1 aromatic rings. The third kappa shape index (κ3) is 5.78. The van der Waals surface area contributed by atoms with E-state index in [1.54, 1.807) is 39.1 Å². The maximum Gasteiger partial charge on any atom is 0.410 e. The zero-order chi connectivity index (χ0) is 17.6. The summed E-state index contributed by atoms with van der Waals surface area (Å²) in [7, 11) is 0. The van der Waals surface area contributed by atoms with E-state index in [0.717, 1.165) is 6.42 Å². The van der Waals surface area contributed by atoms with E-state index < -0.39 is 17.4 Å². The number of carbonyl (C=O) groups excluding carboxylic acids is 1. The zero-order valence-corrected chi connectivity index (χ0v) is 15.0. The molecular formula is C19H30N2O3. The Morgan fingerprint density at radius 2 is 2.00 bits per heavy atom. The highest BCUT2D eigenvalue weighted by atomic mass is 16.6. The first-order chi connectivity index (χ1) is 11.3. The first-order valence-electron chi connectivity index (χ1n) is 8.93. The fourth-order valence-electron chi connectivity index (χ4n) is 3.22. The topological polar surface area (TPSA) is 71.5 Å². The molecule has 1 fully saturated rings. The molecule has 1 saturated carbocycles. The summed E-state index contributed by atoms with van der Waals surface area (Å²) in [5.41, 5.74) is -1.66. The average Bonchev–Trinajstić information content (AvgIpc) is 2.53. The Morgan fingerprint density at radius 1 is 1.29 bits per heavy atom. The zero-order valence-electron chi connectivity index (χ0n) is 15.0. The van der Waals surface area contributed by atoms with Crippen molar-refractivity contribution in [1.29, 1.82) is 0 Å². The third-order valence-electron chi connectivity index (χ3n) is 4.44. The number of hydrogen-bond acceptors (Lipinski definition) is 4. The molecule has 0 saturated heterocycles. The number of aliphatic hydroxyl groups is 1. The summed E-state index contributed by atoms with van der Waals surface area (Å²) < 4.78 is 5.31. The van der Waals surface area contributed by atoms with Crippen LogP contribution in [0.3, 0.4) is 0 Å². The van der Waals surface area contributed by atoms with Crippen LogP contribution in [-0.2, 0) is 10.5 Å². The summed E-state index contributed by atoms with van der Waals surface area (Å²) in [6.07, 6.45) is 8.51. The Morgan fingerprint density at radius 3 is 2.58 bits per heavy atom. The van der Waals surface area contributed by atoms with Gasteiger partial charge >= 0.3 is 6.09 Å². The number of pyridine rings is 1. The highest BCUT2D eigenvalue weighted by Gasteiger charge is 2.35. The fraction of sp³-hybridized carbons (Fsp3) is 0.684. The Hall–Kier alpha value is -1.62. The minimum Gasteiger partial charge on any atom is -0.444 e. The van der Waals surface area contributed by atoms with Gasteiger partial charge in [0.25, 0.3) is 0 Å². The molecule has 1 aliphatic rings. The number of ether oxygens (including phenoxy) is 1. The number of alkyl carbamates (subject to hydrolysis) is 1. The van der Waals surface area contributed by atoms with Crippen molar-refractivity contribution in [3.63, 3.8) is 0 Å². The lowest BCUT2D eigenvalue weighted by Gasteiger charge is -2.32. The molecule has 0 bridgehead atoms. The van der Waals surface area contributed by atoms with Gasteiger partial charge in [0.1, 0.15) is 5.60 Å². The molecule has 0 aliphatic heterocycles. The van der Waals surface area contributed by atoms with Crippen molar-refractivity contribution in [1.82, 2.24) is 10.3 Å². The van der Waals surface area contributed by atoms with E-state index in [-0.39, 0.29) is 0 Å². The number of amides is 1. The van der Waals surface area contributed by atoms with Crippen LogP contribution < -0.4 is 5.32 Å². The van der Waals surface area contributed by atoms with Gasteiger partial charge < -0.3 is 9.84 Å². The quantitative estimate of drug-likeness (QED) is 0.795. The van der Waals surface area contributed by atoms with Gasteiger partial charge in [0.15, 0.2) is 5.72 Å². The second kappa shape index (κ2) is 7.97. The van der Waals surface area contributed by atoms with Crippen molar-refractivity contribution < 1.29 is 14.6 Å². The molecule has 1 atom stereocenters. The minimum atomic E-state index is -1.50. The van der Waals surface area contributed by atoms with Gasteiger partial charge in [0.05, 0.1) is 5.69 Å². The van der Waals surface area contributed by atoms with Crippen LogP contribution in [0.2, 0.25) is 0 Å². The van der Waals surface area contributed by atoms with Crippen molar-refractivity contribution in [3.8, 4) is 0 Å². The number of nitrogens with zero attached hydrogens (tertiary/aromatic N) is 1. The summed E-state index contributed by atoms with van der Waals surface area (Å²) in [6, 6.07) is 5.33. The monoisotopic (exact) mass is 334 g/mol. The van der Waals surface area contributed by atoms with Crippen LogP contribution in [0.5, 0.6) is 0 Å². The van der Waals surface area contributed by atoms with Crippen LogP contribution in [-0.4, -0.2) is 21.8 Å². The largest absolute Gasteiger partial charge is 0.444 e. The average molecular weight is 334 g/mol. The number of carbonyl (C=O) groups is 1. The van der Waals surface area contributed by atoms with E-state index in [1.807, 2.05) is 6.07 Å². The fourth-order valence-corrected chi connectivity index (χ4v) is 3.22. The van der Waals surface area contributed by atoms with E-state index in [4.69, 9.17) is 4.74 Å². The lowest BCUT2D eigenvalue weighted by atomic mass is 9.84. The summed E-state index contributed by atoms with van der Waals surface area (Å²) >= 11 is 0. The van der Waals surface area contributed by atoms with Crippen LogP contribution >= 0.6 is 0 Å². The van der Waals surface area contributed by atoms with Gasteiger partial charge in [-0.05, 0) is 45.2 Å². The first-order valence-corrected chi connectivity index (χ1v) is 8.93. The molecule has 1 amide bonds. The normalized spacial score (nSPS) is 18.7. The predicted molar refractivity (Wildman–Crippen MR) is 93.3 cm³/mol. The Kier molecular flexibility index (Phi) is 6.21. The van der Waals surface area contributed by atoms with E-state index in [9.17, 15) is 9.90 Å². The second-order valence-corrected chi connectivity index (χ2v) is 7.74. The number of rotatable bonds is 5. The van der Waals surface area contributed by atoms with Gasteiger partial charge in [-0.15, -0.1) is 0 Å².